The van der Waals surface area contributed by atoms with Crippen molar-refractivity contribution in [2.24, 2.45) is 0 Å². The van der Waals surface area contributed by atoms with E-state index in [1.54, 1.807) is 0 Å². The van der Waals surface area contributed by atoms with Gasteiger partial charge in [-0.25, -0.2) is 0 Å². The van der Waals surface area contributed by atoms with Crippen molar-refractivity contribution in [2.75, 3.05) is 26.4 Å². The second kappa shape index (κ2) is 5.07. The normalized spacial score (nSPS) is 35.4. The number of fused-ring (bicyclic) bond motifs is 2. The van der Waals surface area contributed by atoms with Crippen LogP contribution in [0.3, 0.4) is 0 Å². The van der Waals surface area contributed by atoms with Crippen molar-refractivity contribution >= 4 is 0 Å². The van der Waals surface area contributed by atoms with Gasteiger partial charge in [0.25, 0.3) is 0 Å². The molecule has 2 saturated heterocycles. The van der Waals surface area contributed by atoms with Crippen LogP contribution < -0.4 is 5.32 Å². The summed E-state index contributed by atoms with van der Waals surface area (Å²) in [5.41, 5.74) is 0. The molecule has 4 nitrogen and oxygen atoms in total. The van der Waals surface area contributed by atoms with Crippen LogP contribution in [0.5, 0.6) is 0 Å². The summed E-state index contributed by atoms with van der Waals surface area (Å²) in [6.07, 6.45) is 4.56. The summed E-state index contributed by atoms with van der Waals surface area (Å²) >= 11 is 0. The van der Waals surface area contributed by atoms with Crippen LogP contribution in [0.2, 0.25) is 0 Å². The third kappa shape index (κ3) is 2.45. The highest BCUT2D eigenvalue weighted by atomic mass is 16.5. The predicted molar refractivity (Wildman–Crippen MR) is 52.2 cm³/mol. The molecule has 2 aliphatic rings. The highest BCUT2D eigenvalue weighted by Crippen LogP contribution is 2.34. The highest BCUT2D eigenvalue weighted by Gasteiger charge is 2.40. The maximum absolute atomic E-state index is 8.50. The van der Waals surface area contributed by atoms with Gasteiger partial charge in [-0.1, -0.05) is 0 Å². The largest absolute Gasteiger partial charge is 0.394 e. The van der Waals surface area contributed by atoms with Crippen molar-refractivity contribution in [3.8, 4) is 0 Å². The van der Waals surface area contributed by atoms with Gasteiger partial charge >= 0.3 is 0 Å². The van der Waals surface area contributed by atoms with Crippen LogP contribution in [0.15, 0.2) is 0 Å². The Labute approximate surface area is 84.6 Å². The molecule has 2 bridgehead atoms. The van der Waals surface area contributed by atoms with E-state index in [1.165, 1.54) is 12.8 Å². The first-order valence-corrected chi connectivity index (χ1v) is 5.47. The molecule has 2 heterocycles. The third-order valence-corrected chi connectivity index (χ3v) is 2.99. The Morgan fingerprint density at radius 2 is 2.29 bits per heavy atom. The standard InChI is InChI=1S/C10H19NO3/c12-4-6-13-5-3-11-9-7-8-1-2-10(9)14-8/h8-12H,1-7H2. The number of aliphatic hydroxyl groups excluding tert-OH is 1. The fourth-order valence-corrected chi connectivity index (χ4v) is 2.34. The van der Waals surface area contributed by atoms with E-state index >= 15 is 0 Å². The van der Waals surface area contributed by atoms with E-state index in [0.29, 0.717) is 31.5 Å². The monoisotopic (exact) mass is 201 g/mol. The molecular formula is C10H19NO3. The molecule has 0 aromatic carbocycles. The van der Waals surface area contributed by atoms with E-state index < -0.39 is 0 Å². The minimum atomic E-state index is 0.108. The summed E-state index contributed by atoms with van der Waals surface area (Å²) < 4.78 is 10.9. The lowest BCUT2D eigenvalue weighted by Gasteiger charge is -2.19. The van der Waals surface area contributed by atoms with Crippen LogP contribution >= 0.6 is 0 Å². The summed E-state index contributed by atoms with van der Waals surface area (Å²) in [6.45, 7) is 2.08. The molecule has 0 radical (unpaired) electrons. The van der Waals surface area contributed by atoms with E-state index in [-0.39, 0.29) is 6.61 Å². The number of ether oxygens (including phenoxy) is 2. The van der Waals surface area contributed by atoms with Gasteiger partial charge in [-0.3, -0.25) is 0 Å². The van der Waals surface area contributed by atoms with Gasteiger partial charge in [0.05, 0.1) is 32.0 Å². The summed E-state index contributed by atoms with van der Waals surface area (Å²) in [5.74, 6) is 0. The van der Waals surface area contributed by atoms with Gasteiger partial charge in [0.1, 0.15) is 0 Å². The molecule has 0 saturated carbocycles. The van der Waals surface area contributed by atoms with Gasteiger partial charge in [-0.05, 0) is 19.3 Å². The number of hydrogen-bond acceptors (Lipinski definition) is 4. The van der Waals surface area contributed by atoms with Crippen LogP contribution in [0.4, 0.5) is 0 Å². The predicted octanol–water partition coefficient (Wildman–Crippen LogP) is -0.0952. The van der Waals surface area contributed by atoms with Crippen LogP contribution in [0.25, 0.3) is 0 Å². The molecule has 0 aliphatic carbocycles. The number of nitrogens with one attached hydrogen (secondary N) is 1. The van der Waals surface area contributed by atoms with Gasteiger partial charge < -0.3 is 19.9 Å². The maximum atomic E-state index is 8.50. The molecule has 3 atom stereocenters. The Bertz CT molecular complexity index is 177. The van der Waals surface area contributed by atoms with Gasteiger partial charge in [-0.15, -0.1) is 0 Å². The SMILES string of the molecule is OCCOCCNC1CC2CCC1O2. The van der Waals surface area contributed by atoms with E-state index in [1.807, 2.05) is 0 Å². The lowest BCUT2D eigenvalue weighted by atomic mass is 9.96. The second-order valence-electron chi connectivity index (χ2n) is 4.01. The van der Waals surface area contributed by atoms with E-state index in [4.69, 9.17) is 14.6 Å². The Morgan fingerprint density at radius 1 is 1.36 bits per heavy atom. The second-order valence-corrected chi connectivity index (χ2v) is 4.01. The molecule has 0 aromatic heterocycles. The summed E-state index contributed by atoms with van der Waals surface area (Å²) in [5, 5.41) is 11.9. The molecule has 4 heteroatoms. The number of rotatable bonds is 6. The average Bonchev–Trinajstić information content (AvgIpc) is 2.79. The van der Waals surface area contributed by atoms with Crippen molar-refractivity contribution in [2.45, 2.75) is 37.5 Å². The van der Waals surface area contributed by atoms with Crippen molar-refractivity contribution in [1.82, 2.24) is 5.32 Å². The van der Waals surface area contributed by atoms with Crippen LogP contribution in [0, 0.1) is 0 Å². The quantitative estimate of drug-likeness (QED) is 0.589. The van der Waals surface area contributed by atoms with E-state index in [0.717, 1.165) is 13.0 Å². The molecule has 82 valence electrons. The van der Waals surface area contributed by atoms with Crippen molar-refractivity contribution in [3.05, 3.63) is 0 Å². The Balaban J connectivity index is 1.54. The lowest BCUT2D eigenvalue weighted by Crippen LogP contribution is -2.39. The number of hydrogen-bond donors (Lipinski definition) is 2. The fraction of sp³-hybridized carbons (Fsp3) is 1.00. The zero-order valence-corrected chi connectivity index (χ0v) is 8.45. The van der Waals surface area contributed by atoms with Crippen molar-refractivity contribution in [1.29, 1.82) is 0 Å². The molecule has 14 heavy (non-hydrogen) atoms. The molecule has 0 spiro atoms. The average molecular weight is 201 g/mol. The first-order valence-electron chi connectivity index (χ1n) is 5.47. The van der Waals surface area contributed by atoms with Crippen molar-refractivity contribution < 1.29 is 14.6 Å². The lowest BCUT2D eigenvalue weighted by molar-refractivity contribution is 0.0841. The molecule has 3 unspecified atom stereocenters. The minimum Gasteiger partial charge on any atom is -0.394 e. The molecule has 2 fully saturated rings. The van der Waals surface area contributed by atoms with E-state index in [2.05, 4.69) is 5.32 Å². The molecule has 2 N–H and O–H groups in total. The summed E-state index contributed by atoms with van der Waals surface area (Å²) in [4.78, 5) is 0. The Morgan fingerprint density at radius 3 is 2.93 bits per heavy atom. The van der Waals surface area contributed by atoms with Gasteiger partial charge in [0.2, 0.25) is 0 Å². The van der Waals surface area contributed by atoms with Gasteiger partial charge in [0, 0.05) is 12.6 Å². The third-order valence-electron chi connectivity index (χ3n) is 2.99. The van der Waals surface area contributed by atoms with Crippen LogP contribution in [-0.4, -0.2) is 49.7 Å². The number of aliphatic hydroxyl groups is 1. The fourth-order valence-electron chi connectivity index (χ4n) is 2.34. The zero-order valence-electron chi connectivity index (χ0n) is 8.45. The Hall–Kier alpha value is -0.160. The smallest absolute Gasteiger partial charge is 0.0733 e. The first kappa shape index (κ1) is 10.4. The maximum Gasteiger partial charge on any atom is 0.0733 e. The van der Waals surface area contributed by atoms with Gasteiger partial charge in [0.15, 0.2) is 0 Å². The summed E-state index contributed by atoms with van der Waals surface area (Å²) in [7, 11) is 0. The summed E-state index contributed by atoms with van der Waals surface area (Å²) in [6, 6.07) is 0.534. The van der Waals surface area contributed by atoms with Crippen LogP contribution in [-0.2, 0) is 9.47 Å². The molecule has 2 rings (SSSR count). The minimum absolute atomic E-state index is 0.108. The van der Waals surface area contributed by atoms with Gasteiger partial charge in [-0.2, -0.15) is 0 Å². The Kier molecular flexibility index (Phi) is 3.75. The first-order chi connectivity index (χ1) is 6.90. The molecule has 0 aromatic rings. The molecule has 0 amide bonds. The van der Waals surface area contributed by atoms with Crippen molar-refractivity contribution in [3.63, 3.8) is 0 Å². The topological polar surface area (TPSA) is 50.7 Å². The van der Waals surface area contributed by atoms with E-state index in [9.17, 15) is 0 Å². The molecular weight excluding hydrogens is 182 g/mol. The van der Waals surface area contributed by atoms with Crippen LogP contribution in [0.1, 0.15) is 19.3 Å². The highest BCUT2D eigenvalue weighted by molar-refractivity contribution is 4.93. The zero-order chi connectivity index (χ0) is 9.80. The molecule has 2 aliphatic heterocycles.